The number of fused-ring (bicyclic) bond motifs is 4. The van der Waals surface area contributed by atoms with Gasteiger partial charge < -0.3 is 4.98 Å². The zero-order valence-electron chi connectivity index (χ0n) is 18.3. The smallest absolute Gasteiger partial charge is 0.190 e. The van der Waals surface area contributed by atoms with Crippen LogP contribution in [0.15, 0.2) is 23.0 Å². The molecule has 2 nitrogen and oxygen atoms in total. The quantitative estimate of drug-likeness (QED) is 0.617. The van der Waals surface area contributed by atoms with Crippen molar-refractivity contribution in [1.29, 1.82) is 0 Å². The third-order valence-electron chi connectivity index (χ3n) is 6.86. The highest BCUT2D eigenvalue weighted by atomic mass is 16.1. The minimum Gasteiger partial charge on any atom is -0.357 e. The number of rotatable bonds is 0. The molecular weight excluding hydrogens is 330 g/mol. The maximum Gasteiger partial charge on any atom is 0.190 e. The summed E-state index contributed by atoms with van der Waals surface area (Å²) in [5.74, 6) is 0. The van der Waals surface area contributed by atoms with Crippen LogP contribution >= 0.6 is 0 Å². The van der Waals surface area contributed by atoms with Gasteiger partial charge >= 0.3 is 0 Å². The molecule has 0 saturated carbocycles. The molecule has 0 saturated heterocycles. The Hall–Kier alpha value is -1.83. The molecule has 0 amide bonds. The van der Waals surface area contributed by atoms with Gasteiger partial charge in [0, 0.05) is 33.2 Å². The van der Waals surface area contributed by atoms with Gasteiger partial charge in [-0.3, -0.25) is 4.79 Å². The highest BCUT2D eigenvalue weighted by Crippen LogP contribution is 2.54. The van der Waals surface area contributed by atoms with E-state index in [2.05, 4.69) is 85.5 Å². The second-order valence-electron chi connectivity index (χ2n) is 11.5. The van der Waals surface area contributed by atoms with Crippen LogP contribution in [0, 0.1) is 0 Å². The van der Waals surface area contributed by atoms with Crippen LogP contribution in [0.4, 0.5) is 0 Å². The van der Waals surface area contributed by atoms with Gasteiger partial charge in [-0.25, -0.2) is 0 Å². The third kappa shape index (κ3) is 2.28. The molecule has 1 heterocycles. The molecule has 27 heavy (non-hydrogen) atoms. The summed E-state index contributed by atoms with van der Waals surface area (Å²) in [5, 5.41) is 0. The summed E-state index contributed by atoms with van der Waals surface area (Å²) in [5.41, 5.74) is 7.90. The lowest BCUT2D eigenvalue weighted by atomic mass is 9.78. The molecule has 144 valence electrons. The van der Waals surface area contributed by atoms with Gasteiger partial charge in [-0.15, -0.1) is 0 Å². The van der Waals surface area contributed by atoms with E-state index in [0.717, 1.165) is 28.9 Å². The number of hydrogen-bond acceptors (Lipinski definition) is 1. The topological polar surface area (TPSA) is 32.9 Å². The van der Waals surface area contributed by atoms with E-state index < -0.39 is 0 Å². The van der Waals surface area contributed by atoms with Crippen molar-refractivity contribution >= 4 is 0 Å². The third-order valence-corrected chi connectivity index (χ3v) is 6.86. The Morgan fingerprint density at radius 3 is 2.15 bits per heavy atom. The zero-order valence-corrected chi connectivity index (χ0v) is 18.3. The van der Waals surface area contributed by atoms with Crippen LogP contribution in [0.25, 0.3) is 11.3 Å². The van der Waals surface area contributed by atoms with Crippen LogP contribution in [0.1, 0.15) is 96.7 Å². The second-order valence-corrected chi connectivity index (χ2v) is 11.5. The summed E-state index contributed by atoms with van der Waals surface area (Å²) in [6.07, 6.45) is 0.998. The van der Waals surface area contributed by atoms with Gasteiger partial charge in [0.25, 0.3) is 0 Å². The molecule has 2 aliphatic carbocycles. The molecule has 0 aliphatic heterocycles. The molecule has 0 unspecified atom stereocenters. The molecule has 1 aromatic carbocycles. The molecule has 2 aliphatic rings. The number of aromatic nitrogens is 1. The monoisotopic (exact) mass is 363 g/mol. The molecule has 0 fully saturated rings. The van der Waals surface area contributed by atoms with E-state index >= 15 is 0 Å². The summed E-state index contributed by atoms with van der Waals surface area (Å²) in [6.45, 7) is 20.1. The lowest BCUT2D eigenvalue weighted by Crippen LogP contribution is -2.31. The van der Waals surface area contributed by atoms with Gasteiger partial charge in [0.15, 0.2) is 5.43 Å². The first-order chi connectivity index (χ1) is 12.2. The van der Waals surface area contributed by atoms with Crippen molar-refractivity contribution in [2.75, 3.05) is 0 Å². The fourth-order valence-electron chi connectivity index (χ4n) is 5.92. The number of nitrogens with one attached hydrogen (secondary N) is 1. The van der Waals surface area contributed by atoms with Crippen LogP contribution in [0.3, 0.4) is 0 Å². The lowest BCUT2D eigenvalue weighted by Gasteiger charge is -2.25. The summed E-state index contributed by atoms with van der Waals surface area (Å²) < 4.78 is 0. The first kappa shape index (κ1) is 18.5. The lowest BCUT2D eigenvalue weighted by molar-refractivity contribution is 0.399. The van der Waals surface area contributed by atoms with Crippen molar-refractivity contribution in [2.24, 2.45) is 0 Å². The van der Waals surface area contributed by atoms with Gasteiger partial charge in [0.05, 0.1) is 5.69 Å². The molecule has 4 rings (SSSR count). The van der Waals surface area contributed by atoms with Gasteiger partial charge in [-0.1, -0.05) is 80.5 Å². The molecule has 0 spiro atoms. The SMILES string of the molecule is CC(C)(C)c1cccc2c1-c1[nH]c3c(c(=O)c1C2(C)C)C(C)(C)CC3(C)C. The Morgan fingerprint density at radius 1 is 0.926 bits per heavy atom. The highest BCUT2D eigenvalue weighted by molar-refractivity contribution is 5.82. The van der Waals surface area contributed by atoms with Gasteiger partial charge in [-0.2, -0.15) is 0 Å². The van der Waals surface area contributed by atoms with Crippen molar-refractivity contribution in [2.45, 2.75) is 90.4 Å². The maximum atomic E-state index is 13.9. The Kier molecular flexibility index (Phi) is 3.40. The van der Waals surface area contributed by atoms with Crippen LogP contribution in [-0.2, 0) is 21.7 Å². The van der Waals surface area contributed by atoms with E-state index in [1.165, 1.54) is 16.7 Å². The Labute approximate surface area is 163 Å². The predicted octanol–water partition coefficient (Wildman–Crippen LogP) is 5.94. The number of aromatic amines is 1. The average Bonchev–Trinajstić information content (AvgIpc) is 2.84. The van der Waals surface area contributed by atoms with Crippen LogP contribution in [0.2, 0.25) is 0 Å². The molecule has 0 atom stereocenters. The summed E-state index contributed by atoms with van der Waals surface area (Å²) in [7, 11) is 0. The van der Waals surface area contributed by atoms with E-state index in [-0.39, 0.29) is 27.1 Å². The molecule has 1 N–H and O–H groups in total. The second kappa shape index (κ2) is 4.96. The Bertz CT molecular complexity index is 1030. The van der Waals surface area contributed by atoms with E-state index in [1.54, 1.807) is 0 Å². The molecular formula is C25H33NO. The minimum atomic E-state index is -0.280. The van der Waals surface area contributed by atoms with Crippen molar-refractivity contribution < 1.29 is 0 Å². The van der Waals surface area contributed by atoms with Crippen molar-refractivity contribution in [3.8, 4) is 11.3 Å². The summed E-state index contributed by atoms with van der Waals surface area (Å²) in [6, 6.07) is 6.59. The summed E-state index contributed by atoms with van der Waals surface area (Å²) in [4.78, 5) is 17.7. The van der Waals surface area contributed by atoms with Crippen molar-refractivity contribution in [3.63, 3.8) is 0 Å². The van der Waals surface area contributed by atoms with E-state index in [1.807, 2.05) is 0 Å². The molecule has 1 aromatic heterocycles. The van der Waals surface area contributed by atoms with E-state index in [9.17, 15) is 4.79 Å². The number of benzene rings is 1. The minimum absolute atomic E-state index is 0.0173. The first-order valence-electron chi connectivity index (χ1n) is 10.2. The standard InChI is InChI=1S/C25H33NO/c1-22(2,3)14-11-10-12-15-16(14)19-17(25(15,8)9)20(27)18-21(26-19)24(6,7)13-23(18,4)5/h10-12H,13H2,1-9H3,(H,26,27). The Balaban J connectivity index is 2.18. The van der Waals surface area contributed by atoms with Gasteiger partial charge in [0.1, 0.15) is 0 Å². The highest BCUT2D eigenvalue weighted by Gasteiger charge is 2.49. The van der Waals surface area contributed by atoms with E-state index in [0.29, 0.717) is 0 Å². The number of pyridine rings is 1. The predicted molar refractivity (Wildman–Crippen MR) is 114 cm³/mol. The van der Waals surface area contributed by atoms with E-state index in [4.69, 9.17) is 0 Å². The first-order valence-corrected chi connectivity index (χ1v) is 10.2. The Morgan fingerprint density at radius 2 is 1.56 bits per heavy atom. The van der Waals surface area contributed by atoms with Crippen molar-refractivity contribution in [3.05, 3.63) is 56.4 Å². The molecule has 0 bridgehead atoms. The van der Waals surface area contributed by atoms with Gasteiger partial charge in [-0.05, 0) is 28.4 Å². The molecule has 2 heteroatoms. The normalized spacial score (nSPS) is 20.9. The fourth-order valence-corrected chi connectivity index (χ4v) is 5.92. The maximum absolute atomic E-state index is 13.9. The molecule has 2 aromatic rings. The van der Waals surface area contributed by atoms with Crippen LogP contribution < -0.4 is 5.43 Å². The van der Waals surface area contributed by atoms with Crippen molar-refractivity contribution in [1.82, 2.24) is 4.98 Å². The summed E-state index contributed by atoms with van der Waals surface area (Å²) >= 11 is 0. The largest absolute Gasteiger partial charge is 0.357 e. The van der Waals surface area contributed by atoms with Gasteiger partial charge in [0.2, 0.25) is 0 Å². The van der Waals surface area contributed by atoms with Crippen LogP contribution in [-0.4, -0.2) is 4.98 Å². The average molecular weight is 364 g/mol. The number of H-pyrrole nitrogens is 1. The zero-order chi connectivity index (χ0) is 20.2. The van der Waals surface area contributed by atoms with Crippen LogP contribution in [0.5, 0.6) is 0 Å². The fraction of sp³-hybridized carbons (Fsp3) is 0.560. The molecule has 0 radical (unpaired) electrons. The number of hydrogen-bond donors (Lipinski definition) is 1.